The van der Waals surface area contributed by atoms with Crippen LogP contribution >= 0.6 is 0 Å². The van der Waals surface area contributed by atoms with Crippen LogP contribution in [0.25, 0.3) is 11.1 Å². The molecule has 4 rings (SSSR count). The Labute approximate surface area is 201 Å². The number of amides is 1. The Morgan fingerprint density at radius 3 is 2.34 bits per heavy atom. The summed E-state index contributed by atoms with van der Waals surface area (Å²) in [7, 11) is 1.24. The molecule has 1 saturated heterocycles. The first-order valence-corrected chi connectivity index (χ1v) is 11.2. The van der Waals surface area contributed by atoms with E-state index in [-0.39, 0.29) is 31.0 Å². The number of benzene rings is 3. The molecule has 0 bridgehead atoms. The largest absolute Gasteiger partial charge is 0.468 e. The smallest absolute Gasteiger partial charge is 0.416 e. The number of hydrogen-bond donors (Lipinski definition) is 1. The molecule has 35 heavy (non-hydrogen) atoms. The van der Waals surface area contributed by atoms with Crippen molar-refractivity contribution in [2.45, 2.75) is 31.2 Å². The second-order valence-corrected chi connectivity index (χ2v) is 8.44. The number of likely N-dealkylation sites (tertiary alicyclic amines) is 1. The number of hydrogen-bond acceptors (Lipinski definition) is 4. The highest BCUT2D eigenvalue weighted by molar-refractivity contribution is 6.01. The van der Waals surface area contributed by atoms with Crippen LogP contribution in [0.15, 0.2) is 78.9 Å². The third-order valence-corrected chi connectivity index (χ3v) is 6.16. The lowest BCUT2D eigenvalue weighted by molar-refractivity contribution is -0.146. The van der Waals surface area contributed by atoms with E-state index in [9.17, 15) is 22.8 Å². The van der Waals surface area contributed by atoms with Gasteiger partial charge in [0.15, 0.2) is 0 Å². The predicted molar refractivity (Wildman–Crippen MR) is 125 cm³/mol. The van der Waals surface area contributed by atoms with E-state index in [0.717, 1.165) is 17.2 Å². The van der Waals surface area contributed by atoms with Crippen molar-refractivity contribution in [1.29, 1.82) is 0 Å². The Kier molecular flexibility index (Phi) is 7.21. The molecule has 1 aliphatic rings. The molecule has 1 aliphatic heterocycles. The number of nitrogens with zero attached hydrogens (tertiary/aromatic N) is 1. The van der Waals surface area contributed by atoms with Crippen molar-refractivity contribution in [2.75, 3.05) is 13.7 Å². The molecule has 182 valence electrons. The van der Waals surface area contributed by atoms with E-state index in [1.165, 1.54) is 25.3 Å². The predicted octanol–water partition coefficient (Wildman–Crippen LogP) is 4.92. The topological polar surface area (TPSA) is 58.6 Å². The zero-order valence-corrected chi connectivity index (χ0v) is 19.1. The number of rotatable bonds is 6. The van der Waals surface area contributed by atoms with Crippen molar-refractivity contribution in [3.8, 4) is 11.1 Å². The SMILES string of the molecule is COC(=O)[C@@H]1C[C@@H](NC(=O)c2ccccc2-c2ccccc2)CN1Cc1ccccc1C(F)(F)F. The zero-order valence-electron chi connectivity index (χ0n) is 19.1. The molecule has 1 N–H and O–H groups in total. The highest BCUT2D eigenvalue weighted by atomic mass is 19.4. The molecule has 0 unspecified atom stereocenters. The fourth-order valence-electron chi connectivity index (χ4n) is 4.53. The number of ether oxygens (including phenoxy) is 1. The number of esters is 1. The average Bonchev–Trinajstić information content (AvgIpc) is 3.25. The van der Waals surface area contributed by atoms with E-state index in [0.29, 0.717) is 5.56 Å². The summed E-state index contributed by atoms with van der Waals surface area (Å²) in [5.41, 5.74) is 1.46. The van der Waals surface area contributed by atoms with Crippen LogP contribution in [-0.2, 0) is 22.3 Å². The number of carbonyl (C=O) groups is 2. The number of halogens is 3. The van der Waals surface area contributed by atoms with Gasteiger partial charge in [-0.2, -0.15) is 13.2 Å². The Balaban J connectivity index is 1.54. The molecule has 1 heterocycles. The molecule has 8 heteroatoms. The van der Waals surface area contributed by atoms with Crippen molar-refractivity contribution in [2.24, 2.45) is 0 Å². The van der Waals surface area contributed by atoms with Crippen molar-refractivity contribution < 1.29 is 27.5 Å². The molecule has 3 aromatic rings. The molecular formula is C27H25F3N2O3. The van der Waals surface area contributed by atoms with Crippen LogP contribution in [0.4, 0.5) is 13.2 Å². The van der Waals surface area contributed by atoms with E-state index < -0.39 is 29.8 Å². The lowest BCUT2D eigenvalue weighted by Gasteiger charge is -2.24. The normalized spacial score (nSPS) is 18.3. The van der Waals surface area contributed by atoms with Crippen molar-refractivity contribution in [3.05, 3.63) is 95.6 Å². The quantitative estimate of drug-likeness (QED) is 0.507. The maximum atomic E-state index is 13.5. The minimum absolute atomic E-state index is 0.0651. The first-order chi connectivity index (χ1) is 16.8. The van der Waals surface area contributed by atoms with E-state index >= 15 is 0 Å². The van der Waals surface area contributed by atoms with Gasteiger partial charge in [0.2, 0.25) is 0 Å². The highest BCUT2D eigenvalue weighted by Crippen LogP contribution is 2.34. The minimum atomic E-state index is -4.51. The summed E-state index contributed by atoms with van der Waals surface area (Å²) < 4.78 is 45.4. The Morgan fingerprint density at radius 1 is 0.971 bits per heavy atom. The van der Waals surface area contributed by atoms with Gasteiger partial charge in [-0.05, 0) is 35.2 Å². The molecule has 2 atom stereocenters. The molecule has 0 saturated carbocycles. The third-order valence-electron chi connectivity index (χ3n) is 6.16. The number of nitrogens with one attached hydrogen (secondary N) is 1. The number of methoxy groups -OCH3 is 1. The fourth-order valence-corrected chi connectivity index (χ4v) is 4.53. The van der Waals surface area contributed by atoms with Crippen molar-refractivity contribution in [1.82, 2.24) is 10.2 Å². The van der Waals surface area contributed by atoms with Gasteiger partial charge in [0.25, 0.3) is 5.91 Å². The number of carbonyl (C=O) groups excluding carboxylic acids is 2. The van der Waals surface area contributed by atoms with Crippen molar-refractivity contribution in [3.63, 3.8) is 0 Å². The fraction of sp³-hybridized carbons (Fsp3) is 0.259. The molecule has 1 amide bonds. The van der Waals surface area contributed by atoms with E-state index in [1.807, 2.05) is 42.5 Å². The van der Waals surface area contributed by atoms with Crippen LogP contribution in [0.5, 0.6) is 0 Å². The Morgan fingerprint density at radius 2 is 1.63 bits per heavy atom. The van der Waals surface area contributed by atoms with Crippen LogP contribution in [0, 0.1) is 0 Å². The Hall–Kier alpha value is -3.65. The summed E-state index contributed by atoms with van der Waals surface area (Å²) in [6.45, 7) is 0.119. The summed E-state index contributed by atoms with van der Waals surface area (Å²) in [6, 6.07) is 20.8. The van der Waals surface area contributed by atoms with Crippen LogP contribution in [0.3, 0.4) is 0 Å². The molecule has 5 nitrogen and oxygen atoms in total. The molecule has 0 radical (unpaired) electrons. The lowest BCUT2D eigenvalue weighted by atomic mass is 9.99. The first-order valence-electron chi connectivity index (χ1n) is 11.2. The summed E-state index contributed by atoms with van der Waals surface area (Å²) >= 11 is 0. The summed E-state index contributed by atoms with van der Waals surface area (Å²) in [4.78, 5) is 27.3. The van der Waals surface area contributed by atoms with Gasteiger partial charge in [0, 0.05) is 24.7 Å². The van der Waals surface area contributed by atoms with Crippen molar-refractivity contribution >= 4 is 11.9 Å². The van der Waals surface area contributed by atoms with E-state index in [4.69, 9.17) is 4.74 Å². The molecule has 0 aromatic heterocycles. The standard InChI is InChI=1S/C27H25F3N2O3/c1-35-26(34)24-15-20(17-32(24)16-19-11-5-8-14-23(19)27(28,29)30)31-25(33)22-13-7-6-12-21(22)18-9-3-2-4-10-18/h2-14,20,24H,15-17H2,1H3,(H,31,33)/t20-,24+/m1/s1. The second-order valence-electron chi connectivity index (χ2n) is 8.44. The van der Waals surface area contributed by atoms with Gasteiger partial charge < -0.3 is 10.1 Å². The lowest BCUT2D eigenvalue weighted by Crippen LogP contribution is -2.38. The van der Waals surface area contributed by atoms with Crippen LogP contribution in [0.2, 0.25) is 0 Å². The van der Waals surface area contributed by atoms with Gasteiger partial charge in [-0.3, -0.25) is 14.5 Å². The molecule has 1 fully saturated rings. The Bertz CT molecular complexity index is 1200. The number of alkyl halides is 3. The molecule has 0 aliphatic carbocycles. The van der Waals surface area contributed by atoms with Gasteiger partial charge in [0.05, 0.1) is 12.7 Å². The second kappa shape index (κ2) is 10.3. The third kappa shape index (κ3) is 5.54. The summed E-state index contributed by atoms with van der Waals surface area (Å²) in [5.74, 6) is -0.855. The average molecular weight is 483 g/mol. The van der Waals surface area contributed by atoms with Crippen LogP contribution in [0.1, 0.15) is 27.9 Å². The molecule has 0 spiro atoms. The van der Waals surface area contributed by atoms with Gasteiger partial charge in [-0.15, -0.1) is 0 Å². The summed E-state index contributed by atoms with van der Waals surface area (Å²) in [5, 5.41) is 2.96. The van der Waals surface area contributed by atoms with Gasteiger partial charge in [0.1, 0.15) is 6.04 Å². The van der Waals surface area contributed by atoms with E-state index in [2.05, 4.69) is 5.32 Å². The van der Waals surface area contributed by atoms with Gasteiger partial charge in [-0.25, -0.2) is 0 Å². The maximum Gasteiger partial charge on any atom is 0.416 e. The summed E-state index contributed by atoms with van der Waals surface area (Å²) in [6.07, 6.45) is -4.27. The zero-order chi connectivity index (χ0) is 25.0. The maximum absolute atomic E-state index is 13.5. The van der Waals surface area contributed by atoms with E-state index in [1.54, 1.807) is 17.0 Å². The minimum Gasteiger partial charge on any atom is -0.468 e. The highest BCUT2D eigenvalue weighted by Gasteiger charge is 2.40. The van der Waals surface area contributed by atoms with Crippen LogP contribution in [-0.4, -0.2) is 42.5 Å². The molecular weight excluding hydrogens is 457 g/mol. The monoisotopic (exact) mass is 482 g/mol. The van der Waals surface area contributed by atoms with Gasteiger partial charge >= 0.3 is 12.1 Å². The van der Waals surface area contributed by atoms with Crippen LogP contribution < -0.4 is 5.32 Å². The first kappa shape index (κ1) is 24.5. The van der Waals surface area contributed by atoms with Gasteiger partial charge in [-0.1, -0.05) is 66.7 Å². The molecule has 3 aromatic carbocycles.